The van der Waals surface area contributed by atoms with E-state index in [0.717, 1.165) is 64.9 Å². The number of nitrogens with zero attached hydrogens (tertiary/aromatic N) is 4. The molecule has 2 aromatic carbocycles. The molecule has 1 fully saturated rings. The van der Waals surface area contributed by atoms with E-state index in [-0.39, 0.29) is 0 Å². The fraction of sp³-hybridized carbons (Fsp3) is 0.217. The molecular formula is C23H20Cl2N4S. The van der Waals surface area contributed by atoms with Crippen molar-refractivity contribution in [3.05, 3.63) is 75.8 Å². The van der Waals surface area contributed by atoms with Gasteiger partial charge in [-0.3, -0.25) is 4.90 Å². The van der Waals surface area contributed by atoms with Gasteiger partial charge in [0, 0.05) is 48.7 Å². The smallest absolute Gasteiger partial charge is 0.225 e. The predicted molar refractivity (Wildman–Crippen MR) is 127 cm³/mol. The monoisotopic (exact) mass is 454 g/mol. The highest BCUT2D eigenvalue weighted by molar-refractivity contribution is 7.17. The number of rotatable bonds is 4. The van der Waals surface area contributed by atoms with Crippen LogP contribution in [0, 0.1) is 0 Å². The number of piperazine rings is 1. The van der Waals surface area contributed by atoms with Crippen LogP contribution in [0.5, 0.6) is 0 Å². The molecule has 30 heavy (non-hydrogen) atoms. The van der Waals surface area contributed by atoms with Crippen LogP contribution in [0.4, 0.5) is 5.82 Å². The summed E-state index contributed by atoms with van der Waals surface area (Å²) in [6, 6.07) is 18.5. The van der Waals surface area contributed by atoms with Gasteiger partial charge in [-0.2, -0.15) is 4.98 Å². The van der Waals surface area contributed by atoms with Gasteiger partial charge in [0.05, 0.1) is 5.39 Å². The topological polar surface area (TPSA) is 32.3 Å². The zero-order valence-electron chi connectivity index (χ0n) is 16.3. The first-order valence-electron chi connectivity index (χ1n) is 9.89. The van der Waals surface area contributed by atoms with Crippen molar-refractivity contribution in [3.8, 4) is 11.1 Å². The van der Waals surface area contributed by atoms with E-state index >= 15 is 0 Å². The Balaban J connectivity index is 1.43. The summed E-state index contributed by atoms with van der Waals surface area (Å²) in [5, 5.41) is 4.23. The molecule has 0 atom stereocenters. The van der Waals surface area contributed by atoms with E-state index in [1.165, 1.54) is 5.56 Å². The Morgan fingerprint density at radius 2 is 1.60 bits per heavy atom. The number of thiophene rings is 1. The zero-order valence-corrected chi connectivity index (χ0v) is 18.6. The van der Waals surface area contributed by atoms with Crippen molar-refractivity contribution in [1.29, 1.82) is 0 Å². The molecule has 7 heteroatoms. The number of hydrogen-bond donors (Lipinski definition) is 0. The zero-order chi connectivity index (χ0) is 20.5. The second-order valence-electron chi connectivity index (χ2n) is 7.40. The summed E-state index contributed by atoms with van der Waals surface area (Å²) >= 11 is 14.0. The van der Waals surface area contributed by atoms with E-state index in [4.69, 9.17) is 23.2 Å². The summed E-state index contributed by atoms with van der Waals surface area (Å²) in [4.78, 5) is 14.9. The van der Waals surface area contributed by atoms with Crippen LogP contribution in [-0.4, -0.2) is 41.0 Å². The lowest BCUT2D eigenvalue weighted by atomic mass is 10.1. The van der Waals surface area contributed by atoms with E-state index in [2.05, 4.69) is 55.5 Å². The van der Waals surface area contributed by atoms with Gasteiger partial charge in [0.2, 0.25) is 5.28 Å². The minimum absolute atomic E-state index is 0.300. The Hall–Kier alpha value is -2.18. The van der Waals surface area contributed by atoms with Crippen molar-refractivity contribution >= 4 is 50.6 Å². The summed E-state index contributed by atoms with van der Waals surface area (Å²) in [7, 11) is 0. The van der Waals surface area contributed by atoms with E-state index in [9.17, 15) is 0 Å². The van der Waals surface area contributed by atoms with Crippen molar-refractivity contribution in [2.24, 2.45) is 0 Å². The molecule has 1 aliphatic rings. The minimum atomic E-state index is 0.300. The Kier molecular flexibility index (Phi) is 5.61. The van der Waals surface area contributed by atoms with Crippen molar-refractivity contribution in [2.75, 3.05) is 31.1 Å². The molecule has 0 bridgehead atoms. The Morgan fingerprint density at radius 3 is 2.33 bits per heavy atom. The van der Waals surface area contributed by atoms with Crippen LogP contribution < -0.4 is 4.90 Å². The SMILES string of the molecule is Clc1ccc(-c2csc3nc(Cl)nc(N4CCN(Cc5ccccc5)CC4)c23)cc1. The second-order valence-corrected chi connectivity index (χ2v) is 9.03. The van der Waals surface area contributed by atoms with Crippen LogP contribution in [0.1, 0.15) is 5.56 Å². The van der Waals surface area contributed by atoms with E-state index in [1.807, 2.05) is 24.3 Å². The fourth-order valence-corrected chi connectivity index (χ4v) is 5.21. The minimum Gasteiger partial charge on any atom is -0.353 e. The lowest BCUT2D eigenvalue weighted by Gasteiger charge is -2.35. The molecule has 0 saturated carbocycles. The Morgan fingerprint density at radius 1 is 0.867 bits per heavy atom. The molecule has 0 radical (unpaired) electrons. The lowest BCUT2D eigenvalue weighted by Crippen LogP contribution is -2.46. The Bertz CT molecular complexity index is 1150. The molecule has 2 aromatic heterocycles. The van der Waals surface area contributed by atoms with Gasteiger partial charge in [-0.25, -0.2) is 4.98 Å². The maximum Gasteiger partial charge on any atom is 0.225 e. The molecule has 0 spiro atoms. The van der Waals surface area contributed by atoms with Gasteiger partial charge in [-0.15, -0.1) is 11.3 Å². The van der Waals surface area contributed by atoms with Crippen LogP contribution in [0.25, 0.3) is 21.3 Å². The second kappa shape index (κ2) is 8.52. The number of halogens is 2. The molecule has 0 aliphatic carbocycles. The molecule has 1 saturated heterocycles. The van der Waals surface area contributed by atoms with Gasteiger partial charge in [0.1, 0.15) is 10.6 Å². The highest BCUT2D eigenvalue weighted by Crippen LogP contribution is 2.39. The van der Waals surface area contributed by atoms with Crippen LogP contribution in [0.15, 0.2) is 60.0 Å². The maximum absolute atomic E-state index is 6.29. The van der Waals surface area contributed by atoms with Crippen LogP contribution in [0.3, 0.4) is 0 Å². The first-order chi connectivity index (χ1) is 14.7. The third kappa shape index (κ3) is 4.03. The fourth-order valence-electron chi connectivity index (χ4n) is 3.93. The van der Waals surface area contributed by atoms with E-state index in [0.29, 0.717) is 5.28 Å². The maximum atomic E-state index is 6.29. The highest BCUT2D eigenvalue weighted by Gasteiger charge is 2.23. The average molecular weight is 455 g/mol. The summed E-state index contributed by atoms with van der Waals surface area (Å²) in [5.41, 5.74) is 3.59. The molecule has 0 N–H and O–H groups in total. The Labute approximate surface area is 189 Å². The van der Waals surface area contributed by atoms with Gasteiger partial charge in [0.25, 0.3) is 0 Å². The third-order valence-electron chi connectivity index (χ3n) is 5.46. The average Bonchev–Trinajstić information content (AvgIpc) is 3.19. The van der Waals surface area contributed by atoms with Gasteiger partial charge in [-0.1, -0.05) is 54.1 Å². The number of benzene rings is 2. The predicted octanol–water partition coefficient (Wildman–Crippen LogP) is 5.99. The van der Waals surface area contributed by atoms with Crippen LogP contribution in [0.2, 0.25) is 10.3 Å². The molecule has 1 aliphatic heterocycles. The molecule has 0 amide bonds. The summed E-state index contributed by atoms with van der Waals surface area (Å²) in [6.07, 6.45) is 0. The van der Waals surface area contributed by atoms with Gasteiger partial charge in [0.15, 0.2) is 0 Å². The molecule has 5 rings (SSSR count). The van der Waals surface area contributed by atoms with Gasteiger partial charge >= 0.3 is 0 Å². The molecule has 4 nitrogen and oxygen atoms in total. The van der Waals surface area contributed by atoms with E-state index < -0.39 is 0 Å². The van der Waals surface area contributed by atoms with Crippen LogP contribution >= 0.6 is 34.5 Å². The molecular weight excluding hydrogens is 435 g/mol. The lowest BCUT2D eigenvalue weighted by molar-refractivity contribution is 0.249. The number of aromatic nitrogens is 2. The largest absolute Gasteiger partial charge is 0.353 e. The summed E-state index contributed by atoms with van der Waals surface area (Å²) in [6.45, 7) is 4.76. The molecule has 152 valence electrons. The highest BCUT2D eigenvalue weighted by atomic mass is 35.5. The normalized spacial score (nSPS) is 15.1. The first kappa shape index (κ1) is 19.8. The first-order valence-corrected chi connectivity index (χ1v) is 11.5. The van der Waals surface area contributed by atoms with E-state index in [1.54, 1.807) is 11.3 Å². The van der Waals surface area contributed by atoms with Crippen molar-refractivity contribution in [3.63, 3.8) is 0 Å². The van der Waals surface area contributed by atoms with Crippen molar-refractivity contribution < 1.29 is 0 Å². The molecule has 4 aromatic rings. The van der Waals surface area contributed by atoms with Gasteiger partial charge < -0.3 is 4.90 Å². The number of fused-ring (bicyclic) bond motifs is 1. The van der Waals surface area contributed by atoms with Crippen LogP contribution in [-0.2, 0) is 6.54 Å². The molecule has 0 unspecified atom stereocenters. The number of anilines is 1. The van der Waals surface area contributed by atoms with Gasteiger partial charge in [-0.05, 0) is 34.9 Å². The van der Waals surface area contributed by atoms with Crippen molar-refractivity contribution in [1.82, 2.24) is 14.9 Å². The van der Waals surface area contributed by atoms with Crippen molar-refractivity contribution in [2.45, 2.75) is 6.54 Å². The summed E-state index contributed by atoms with van der Waals surface area (Å²) < 4.78 is 0. The quantitative estimate of drug-likeness (QED) is 0.354. The number of hydrogen-bond acceptors (Lipinski definition) is 5. The third-order valence-corrected chi connectivity index (χ3v) is 6.76. The molecule has 3 heterocycles. The summed E-state index contributed by atoms with van der Waals surface area (Å²) in [5.74, 6) is 0.926. The standard InChI is InChI=1S/C23H20Cl2N4S/c24-18-8-6-17(7-9-18)19-15-30-22-20(19)21(26-23(25)27-22)29-12-10-28(11-13-29)14-16-4-2-1-3-5-16/h1-9,15H,10-14H2.